The van der Waals surface area contributed by atoms with Gasteiger partial charge in [-0.1, -0.05) is 65.0 Å². The van der Waals surface area contributed by atoms with Crippen LogP contribution >= 0.6 is 11.9 Å². The molecular formula is C34H46N6OS. The predicted octanol–water partition coefficient (Wildman–Crippen LogP) is 7.45. The lowest BCUT2D eigenvalue weighted by Crippen LogP contribution is -2.42. The molecule has 8 heteroatoms. The van der Waals surface area contributed by atoms with Crippen LogP contribution in [-0.2, 0) is 6.54 Å². The maximum absolute atomic E-state index is 6.74. The fraction of sp³-hybridized carbons (Fsp3) is 0.441. The van der Waals surface area contributed by atoms with E-state index in [1.807, 2.05) is 12.3 Å². The van der Waals surface area contributed by atoms with Crippen LogP contribution < -0.4 is 15.2 Å². The number of aryl methyl sites for hydroxylation is 2. The van der Waals surface area contributed by atoms with Gasteiger partial charge in [0, 0.05) is 65.6 Å². The van der Waals surface area contributed by atoms with Crippen molar-refractivity contribution in [1.82, 2.24) is 14.9 Å². The molecule has 4 bridgehead atoms. The van der Waals surface area contributed by atoms with Crippen LogP contribution in [0.5, 0.6) is 5.88 Å². The quantitative estimate of drug-likeness (QED) is 0.229. The lowest BCUT2D eigenvalue weighted by atomic mass is 9.89. The van der Waals surface area contributed by atoms with Gasteiger partial charge in [-0.25, -0.2) is 4.98 Å². The van der Waals surface area contributed by atoms with Gasteiger partial charge in [-0.2, -0.15) is 4.98 Å². The van der Waals surface area contributed by atoms with Crippen LogP contribution in [0.3, 0.4) is 0 Å². The Labute approximate surface area is 256 Å². The first-order valence-electron chi connectivity index (χ1n) is 14.7. The topological polar surface area (TPSA) is 88.7 Å². The molecule has 1 aliphatic rings. The second kappa shape index (κ2) is 13.7. The van der Waals surface area contributed by atoms with Crippen LogP contribution in [-0.4, -0.2) is 47.3 Å². The molecule has 0 amide bonds. The molecule has 0 spiro atoms. The Kier molecular flexibility index (Phi) is 10.3. The molecule has 1 unspecified atom stereocenters. The maximum Gasteiger partial charge on any atom is 0.237 e. The first kappa shape index (κ1) is 31.6. The molecule has 1 aliphatic heterocycles. The number of allylic oxidation sites excluding steroid dienone is 1. The van der Waals surface area contributed by atoms with Crippen molar-refractivity contribution >= 4 is 24.1 Å². The Bertz CT molecular complexity index is 1420. The number of nitrogens with zero attached hydrogens (tertiary/aromatic N) is 4. The molecule has 42 heavy (non-hydrogen) atoms. The summed E-state index contributed by atoms with van der Waals surface area (Å²) < 4.78 is 9.93. The number of fused-ring (bicyclic) bond motifs is 4. The van der Waals surface area contributed by atoms with Gasteiger partial charge in [0.25, 0.3) is 0 Å². The highest BCUT2D eigenvalue weighted by Crippen LogP contribution is 2.31. The molecule has 0 fully saturated rings. The fourth-order valence-corrected chi connectivity index (χ4v) is 6.01. The molecule has 1 aromatic heterocycles. The number of nitrogens with one attached hydrogen (secondary N) is 1. The standard InChI is InChI=1S/C34H46N6OS/c1-22(2)15-27-21-41-30-17-29(31-23(3)11-9-12-24(31)4)37-33(38-30)39-42-28-14-10-13-25(16-28)19-40(27)20-26(18-36-8)32(35)34(5,6)7/h9-14,16-18,22,27H,15,19-21,35H2,1-8H3,(H,37,38,39). The highest BCUT2D eigenvalue weighted by atomic mass is 32.2. The summed E-state index contributed by atoms with van der Waals surface area (Å²) in [6, 6.07) is 17.0. The number of anilines is 1. The van der Waals surface area contributed by atoms with Crippen molar-refractivity contribution in [1.29, 1.82) is 0 Å². The van der Waals surface area contributed by atoms with Gasteiger partial charge in [-0.15, -0.1) is 0 Å². The number of rotatable bonds is 6. The van der Waals surface area contributed by atoms with Crippen LogP contribution in [0.4, 0.5) is 5.95 Å². The molecule has 4 rings (SSSR count). The lowest BCUT2D eigenvalue weighted by Gasteiger charge is -2.34. The summed E-state index contributed by atoms with van der Waals surface area (Å²) in [5.74, 6) is 1.56. The van der Waals surface area contributed by atoms with E-state index in [0.29, 0.717) is 30.9 Å². The summed E-state index contributed by atoms with van der Waals surface area (Å²) in [7, 11) is 1.80. The maximum atomic E-state index is 6.74. The van der Waals surface area contributed by atoms with Gasteiger partial charge in [0.1, 0.15) is 6.61 Å². The SMILES string of the molecule is CN=CC(CN1Cc2cccc(c2)SNc2nc(cc(-c3c(C)cccc3C)n2)OCC1CC(C)C)=C(N)C(C)(C)C. The average Bonchev–Trinajstić information content (AvgIpc) is 2.92. The van der Waals surface area contributed by atoms with Crippen LogP contribution in [0.25, 0.3) is 11.3 Å². The van der Waals surface area contributed by atoms with Crippen molar-refractivity contribution in [3.05, 3.63) is 76.5 Å². The van der Waals surface area contributed by atoms with Gasteiger partial charge >= 0.3 is 0 Å². The summed E-state index contributed by atoms with van der Waals surface area (Å²) in [6.45, 7) is 17.1. The first-order valence-corrected chi connectivity index (χ1v) is 15.5. The van der Waals surface area contributed by atoms with Crippen molar-refractivity contribution in [2.75, 3.05) is 24.9 Å². The van der Waals surface area contributed by atoms with Gasteiger partial charge in [-0.3, -0.25) is 14.6 Å². The normalized spacial score (nSPS) is 17.1. The molecule has 7 nitrogen and oxygen atoms in total. The van der Waals surface area contributed by atoms with Crippen LogP contribution in [0.1, 0.15) is 57.7 Å². The van der Waals surface area contributed by atoms with E-state index < -0.39 is 0 Å². The summed E-state index contributed by atoms with van der Waals surface area (Å²) in [5.41, 5.74) is 14.0. The molecule has 1 atom stereocenters. The number of hydrogen-bond donors (Lipinski definition) is 2. The van der Waals surface area contributed by atoms with Crippen molar-refractivity contribution in [2.24, 2.45) is 22.1 Å². The van der Waals surface area contributed by atoms with Crippen molar-refractivity contribution in [3.63, 3.8) is 0 Å². The molecule has 224 valence electrons. The van der Waals surface area contributed by atoms with Gasteiger partial charge in [0.05, 0.1) is 5.69 Å². The zero-order chi connectivity index (χ0) is 30.4. The Morgan fingerprint density at radius 2 is 1.86 bits per heavy atom. The molecule has 0 saturated carbocycles. The van der Waals surface area contributed by atoms with Gasteiger partial charge in [-0.05, 0) is 67.0 Å². The third-order valence-electron chi connectivity index (χ3n) is 7.48. The largest absolute Gasteiger partial charge is 0.476 e. The smallest absolute Gasteiger partial charge is 0.237 e. The summed E-state index contributed by atoms with van der Waals surface area (Å²) in [6.07, 6.45) is 2.87. The zero-order valence-electron chi connectivity index (χ0n) is 26.4. The number of aliphatic imine (C=N–C) groups is 1. The second-order valence-electron chi connectivity index (χ2n) is 12.6. The zero-order valence-corrected chi connectivity index (χ0v) is 27.2. The van der Waals surface area contributed by atoms with E-state index in [9.17, 15) is 0 Å². The average molecular weight is 587 g/mol. The molecule has 0 radical (unpaired) electrons. The third kappa shape index (κ3) is 8.13. The summed E-state index contributed by atoms with van der Waals surface area (Å²) >= 11 is 1.51. The molecule has 2 heterocycles. The van der Waals surface area contributed by atoms with E-state index in [2.05, 4.69) is 106 Å². The number of nitrogens with two attached hydrogens (primary N) is 1. The summed E-state index contributed by atoms with van der Waals surface area (Å²) in [4.78, 5) is 17.6. The minimum absolute atomic E-state index is 0.116. The highest BCUT2D eigenvalue weighted by molar-refractivity contribution is 8.00. The summed E-state index contributed by atoms with van der Waals surface area (Å²) in [5, 5.41) is 0. The van der Waals surface area contributed by atoms with Gasteiger partial charge in [0.2, 0.25) is 11.8 Å². The second-order valence-corrected chi connectivity index (χ2v) is 13.5. The minimum atomic E-state index is -0.172. The van der Waals surface area contributed by atoms with E-state index in [-0.39, 0.29) is 11.5 Å². The predicted molar refractivity (Wildman–Crippen MR) is 177 cm³/mol. The van der Waals surface area contributed by atoms with E-state index >= 15 is 0 Å². The van der Waals surface area contributed by atoms with Crippen LogP contribution in [0.15, 0.2) is 69.7 Å². The number of hydrogen-bond acceptors (Lipinski definition) is 8. The first-order chi connectivity index (χ1) is 19.9. The number of ether oxygens (including phenoxy) is 1. The van der Waals surface area contributed by atoms with E-state index in [1.165, 1.54) is 28.6 Å². The van der Waals surface area contributed by atoms with E-state index in [4.69, 9.17) is 20.4 Å². The van der Waals surface area contributed by atoms with Gasteiger partial charge in [0.15, 0.2) is 0 Å². The van der Waals surface area contributed by atoms with E-state index in [0.717, 1.165) is 40.4 Å². The Balaban J connectivity index is 1.81. The Hall–Kier alpha value is -3.36. The Morgan fingerprint density at radius 1 is 1.14 bits per heavy atom. The van der Waals surface area contributed by atoms with Crippen molar-refractivity contribution in [3.8, 4) is 17.1 Å². The minimum Gasteiger partial charge on any atom is -0.476 e. The molecule has 3 aromatic rings. The third-order valence-corrected chi connectivity index (χ3v) is 8.25. The number of aromatic nitrogens is 2. The molecular weight excluding hydrogens is 540 g/mol. The van der Waals surface area contributed by atoms with Crippen LogP contribution in [0.2, 0.25) is 0 Å². The lowest BCUT2D eigenvalue weighted by molar-refractivity contribution is 0.118. The van der Waals surface area contributed by atoms with E-state index in [1.54, 1.807) is 7.05 Å². The number of benzene rings is 2. The monoisotopic (exact) mass is 586 g/mol. The highest BCUT2D eigenvalue weighted by Gasteiger charge is 2.26. The van der Waals surface area contributed by atoms with Crippen molar-refractivity contribution in [2.45, 2.75) is 72.4 Å². The molecule has 0 saturated heterocycles. The molecule has 0 aliphatic carbocycles. The van der Waals surface area contributed by atoms with Gasteiger partial charge < -0.3 is 10.5 Å². The molecule has 3 N–H and O–H groups in total. The fourth-order valence-electron chi connectivity index (χ4n) is 5.35. The van der Waals surface area contributed by atoms with Crippen molar-refractivity contribution < 1.29 is 4.74 Å². The van der Waals surface area contributed by atoms with Crippen LogP contribution in [0, 0.1) is 25.2 Å². The Morgan fingerprint density at radius 3 is 2.52 bits per heavy atom. The molecule has 2 aromatic carbocycles.